The SMILES string of the molecule is CS(=O)(=O)NOC(=O)N1CCCCC1. The second kappa shape index (κ2) is 4.61. The van der Waals surface area contributed by atoms with Gasteiger partial charge in [-0.3, -0.25) is 0 Å². The minimum Gasteiger partial charge on any atom is -0.338 e. The van der Waals surface area contributed by atoms with Crippen molar-refractivity contribution >= 4 is 16.1 Å². The van der Waals surface area contributed by atoms with Gasteiger partial charge in [0.25, 0.3) is 0 Å². The van der Waals surface area contributed by atoms with Gasteiger partial charge >= 0.3 is 6.09 Å². The van der Waals surface area contributed by atoms with Gasteiger partial charge in [-0.25, -0.2) is 13.2 Å². The molecule has 1 N–H and O–H groups in total. The van der Waals surface area contributed by atoms with Gasteiger partial charge < -0.3 is 9.74 Å². The lowest BCUT2D eigenvalue weighted by Crippen LogP contribution is -2.39. The zero-order chi connectivity index (χ0) is 10.6. The van der Waals surface area contributed by atoms with E-state index in [-0.39, 0.29) is 0 Å². The van der Waals surface area contributed by atoms with Crippen LogP contribution in [0.5, 0.6) is 0 Å². The Morgan fingerprint density at radius 3 is 2.36 bits per heavy atom. The number of rotatable bonds is 2. The second-order valence-corrected chi connectivity index (χ2v) is 4.98. The van der Waals surface area contributed by atoms with Crippen molar-refractivity contribution in [2.24, 2.45) is 0 Å². The second-order valence-electron chi connectivity index (χ2n) is 3.27. The molecule has 0 aromatic heterocycles. The number of likely N-dealkylation sites (tertiary alicyclic amines) is 1. The summed E-state index contributed by atoms with van der Waals surface area (Å²) in [5, 5.41) is 0. The summed E-state index contributed by atoms with van der Waals surface area (Å²) >= 11 is 0. The summed E-state index contributed by atoms with van der Waals surface area (Å²) in [4.78, 5) is 18.8. The molecular weight excluding hydrogens is 208 g/mol. The number of hydrogen-bond acceptors (Lipinski definition) is 4. The minimum absolute atomic E-state index is 0.629. The van der Waals surface area contributed by atoms with Gasteiger partial charge in [-0.2, -0.15) is 0 Å². The quantitative estimate of drug-likeness (QED) is 0.671. The zero-order valence-electron chi connectivity index (χ0n) is 8.02. The van der Waals surface area contributed by atoms with Crippen LogP contribution in [-0.2, 0) is 14.9 Å². The van der Waals surface area contributed by atoms with Crippen LogP contribution in [0.25, 0.3) is 0 Å². The number of hydrogen-bond donors (Lipinski definition) is 1. The summed E-state index contributed by atoms with van der Waals surface area (Å²) in [5.74, 6) is 0. The van der Waals surface area contributed by atoms with Crippen LogP contribution < -0.4 is 4.89 Å². The molecular formula is C7H14N2O4S. The molecule has 1 heterocycles. The summed E-state index contributed by atoms with van der Waals surface area (Å²) in [7, 11) is -3.48. The molecule has 0 saturated carbocycles. The highest BCUT2D eigenvalue weighted by Crippen LogP contribution is 2.09. The maximum Gasteiger partial charge on any atom is 0.429 e. The van der Waals surface area contributed by atoms with Gasteiger partial charge in [-0.1, -0.05) is 0 Å². The summed E-state index contributed by atoms with van der Waals surface area (Å²) in [6.45, 7) is 1.26. The highest BCUT2D eigenvalue weighted by molar-refractivity contribution is 7.88. The maximum absolute atomic E-state index is 11.2. The molecule has 0 spiro atoms. The third-order valence-corrected chi connectivity index (χ3v) is 2.28. The van der Waals surface area contributed by atoms with Crippen LogP contribution in [0, 0.1) is 0 Å². The van der Waals surface area contributed by atoms with E-state index < -0.39 is 16.1 Å². The van der Waals surface area contributed by atoms with E-state index in [0.29, 0.717) is 13.1 Å². The monoisotopic (exact) mass is 222 g/mol. The molecule has 1 amide bonds. The average molecular weight is 222 g/mol. The third-order valence-electron chi connectivity index (χ3n) is 1.89. The Balaban J connectivity index is 2.34. The third kappa shape index (κ3) is 3.93. The standard InChI is InChI=1S/C7H14N2O4S/c1-14(11,12)8-13-7(10)9-5-3-2-4-6-9/h8H,2-6H2,1H3. The predicted molar refractivity (Wildman–Crippen MR) is 49.9 cm³/mol. The van der Waals surface area contributed by atoms with Gasteiger partial charge in [-0.15, -0.1) is 0 Å². The topological polar surface area (TPSA) is 75.7 Å². The van der Waals surface area contributed by atoms with E-state index in [0.717, 1.165) is 25.5 Å². The number of carbonyl (C=O) groups is 1. The summed E-state index contributed by atoms with van der Waals surface area (Å²) in [6.07, 6.45) is 3.27. The fourth-order valence-corrected chi connectivity index (χ4v) is 1.48. The van der Waals surface area contributed by atoms with Crippen LogP contribution in [0.1, 0.15) is 19.3 Å². The van der Waals surface area contributed by atoms with E-state index in [1.807, 2.05) is 0 Å². The number of piperidine rings is 1. The van der Waals surface area contributed by atoms with E-state index in [4.69, 9.17) is 0 Å². The maximum atomic E-state index is 11.2. The first kappa shape index (κ1) is 11.3. The van der Waals surface area contributed by atoms with Gasteiger partial charge in [0.2, 0.25) is 10.0 Å². The smallest absolute Gasteiger partial charge is 0.338 e. The molecule has 0 aromatic rings. The van der Waals surface area contributed by atoms with Crippen LogP contribution in [0.4, 0.5) is 4.79 Å². The Morgan fingerprint density at radius 2 is 1.86 bits per heavy atom. The molecule has 0 atom stereocenters. The zero-order valence-corrected chi connectivity index (χ0v) is 8.84. The van der Waals surface area contributed by atoms with Gasteiger partial charge in [0.1, 0.15) is 0 Å². The average Bonchev–Trinajstić information content (AvgIpc) is 2.14. The summed E-state index contributed by atoms with van der Waals surface area (Å²) in [6, 6.07) is 0. The van der Waals surface area contributed by atoms with Crippen molar-refractivity contribution in [3.8, 4) is 0 Å². The Bertz CT molecular complexity index is 295. The fraction of sp³-hybridized carbons (Fsp3) is 0.857. The van der Waals surface area contributed by atoms with Crippen LogP contribution in [0.3, 0.4) is 0 Å². The lowest BCUT2D eigenvalue weighted by molar-refractivity contribution is 0.0777. The number of amides is 1. The first-order valence-corrected chi connectivity index (χ1v) is 6.31. The van der Waals surface area contributed by atoms with E-state index in [2.05, 4.69) is 4.84 Å². The molecule has 82 valence electrons. The summed E-state index contributed by atoms with van der Waals surface area (Å²) in [5.41, 5.74) is 0. The molecule has 0 bridgehead atoms. The predicted octanol–water partition coefficient (Wildman–Crippen LogP) is 0.0731. The van der Waals surface area contributed by atoms with Crippen molar-refractivity contribution < 1.29 is 18.0 Å². The number of nitrogens with zero attached hydrogens (tertiary/aromatic N) is 1. The highest BCUT2D eigenvalue weighted by Gasteiger charge is 2.18. The fourth-order valence-electron chi connectivity index (χ4n) is 1.25. The largest absolute Gasteiger partial charge is 0.429 e. The molecule has 1 rings (SSSR count). The first-order valence-electron chi connectivity index (χ1n) is 4.41. The van der Waals surface area contributed by atoms with Gasteiger partial charge in [0.15, 0.2) is 0 Å². The Kier molecular flexibility index (Phi) is 3.70. The molecule has 0 aliphatic carbocycles. The Morgan fingerprint density at radius 1 is 1.29 bits per heavy atom. The molecule has 7 heteroatoms. The van der Waals surface area contributed by atoms with Crippen molar-refractivity contribution in [1.82, 2.24) is 9.79 Å². The normalized spacial score (nSPS) is 17.9. The number of nitrogens with one attached hydrogen (secondary N) is 1. The van der Waals surface area contributed by atoms with Gasteiger partial charge in [-0.05, 0) is 24.1 Å². The molecule has 6 nitrogen and oxygen atoms in total. The van der Waals surface area contributed by atoms with Crippen molar-refractivity contribution in [1.29, 1.82) is 0 Å². The van der Waals surface area contributed by atoms with Crippen molar-refractivity contribution in [3.05, 3.63) is 0 Å². The lowest BCUT2D eigenvalue weighted by Gasteiger charge is -2.25. The molecule has 1 aliphatic rings. The summed E-state index contributed by atoms with van der Waals surface area (Å²) < 4.78 is 21.2. The number of carbonyl (C=O) groups excluding carboxylic acids is 1. The van der Waals surface area contributed by atoms with Crippen LogP contribution >= 0.6 is 0 Å². The first-order chi connectivity index (χ1) is 6.49. The molecule has 0 radical (unpaired) electrons. The van der Waals surface area contributed by atoms with Crippen molar-refractivity contribution in [2.75, 3.05) is 19.3 Å². The van der Waals surface area contributed by atoms with Crippen LogP contribution in [-0.4, -0.2) is 38.8 Å². The van der Waals surface area contributed by atoms with E-state index in [1.54, 1.807) is 4.89 Å². The van der Waals surface area contributed by atoms with E-state index in [9.17, 15) is 13.2 Å². The molecule has 0 aromatic carbocycles. The lowest BCUT2D eigenvalue weighted by atomic mass is 10.1. The van der Waals surface area contributed by atoms with Gasteiger partial charge in [0.05, 0.1) is 6.26 Å². The molecule has 1 fully saturated rings. The van der Waals surface area contributed by atoms with Gasteiger partial charge in [0, 0.05) is 13.1 Å². The molecule has 1 saturated heterocycles. The molecule has 0 unspecified atom stereocenters. The van der Waals surface area contributed by atoms with E-state index >= 15 is 0 Å². The van der Waals surface area contributed by atoms with E-state index in [1.165, 1.54) is 4.90 Å². The minimum atomic E-state index is -3.48. The highest BCUT2D eigenvalue weighted by atomic mass is 32.2. The Hall–Kier alpha value is -0.820. The Labute approximate surface area is 83.2 Å². The van der Waals surface area contributed by atoms with Crippen LogP contribution in [0.2, 0.25) is 0 Å². The number of sulfonamides is 1. The van der Waals surface area contributed by atoms with Crippen molar-refractivity contribution in [3.63, 3.8) is 0 Å². The molecule has 14 heavy (non-hydrogen) atoms. The molecule has 1 aliphatic heterocycles. The van der Waals surface area contributed by atoms with Crippen molar-refractivity contribution in [2.45, 2.75) is 19.3 Å². The van der Waals surface area contributed by atoms with Crippen LogP contribution in [0.15, 0.2) is 0 Å².